The first-order valence-corrected chi connectivity index (χ1v) is 7.47. The van der Waals surface area contributed by atoms with Crippen LogP contribution in [0, 0.1) is 0 Å². The van der Waals surface area contributed by atoms with Crippen molar-refractivity contribution >= 4 is 11.9 Å². The molecule has 0 aliphatic heterocycles. The van der Waals surface area contributed by atoms with E-state index in [0.29, 0.717) is 12.2 Å². The normalized spacial score (nSPS) is 16.4. The summed E-state index contributed by atoms with van der Waals surface area (Å²) in [5, 5.41) is 9.77. The van der Waals surface area contributed by atoms with Gasteiger partial charge in [0.05, 0.1) is 7.11 Å². The second-order valence-electron chi connectivity index (χ2n) is 5.32. The number of unbranched alkanes of at least 4 members (excludes halogenated alkanes) is 2. The third-order valence-corrected chi connectivity index (χ3v) is 3.75. The molecule has 2 rings (SSSR count). The molecule has 0 spiro atoms. The summed E-state index contributed by atoms with van der Waals surface area (Å²) in [4.78, 5) is 12.3. The summed E-state index contributed by atoms with van der Waals surface area (Å²) in [6.07, 6.45) is 8.85. The summed E-state index contributed by atoms with van der Waals surface area (Å²) < 4.78 is 5.02. The molecule has 0 fully saturated rings. The smallest absolute Gasteiger partial charge is 0.185 e. The molecular weight excluding hydrogens is 264 g/mol. The number of hydrogen-bond donors (Lipinski definition) is 1. The SMILES string of the molecule is CCCCCC1=CC/C(=C\c2ccc(OC)c(O)c2)C1=O. The van der Waals surface area contributed by atoms with Crippen LogP contribution in [-0.4, -0.2) is 18.0 Å². The van der Waals surface area contributed by atoms with Crippen molar-refractivity contribution in [2.45, 2.75) is 39.0 Å². The van der Waals surface area contributed by atoms with E-state index in [2.05, 4.69) is 6.92 Å². The Kier molecular flexibility index (Phi) is 5.20. The monoisotopic (exact) mass is 286 g/mol. The van der Waals surface area contributed by atoms with E-state index in [4.69, 9.17) is 4.74 Å². The summed E-state index contributed by atoms with van der Waals surface area (Å²) in [5.74, 6) is 0.683. The van der Waals surface area contributed by atoms with Crippen LogP contribution in [0.1, 0.15) is 44.6 Å². The molecule has 1 N–H and O–H groups in total. The topological polar surface area (TPSA) is 46.5 Å². The molecule has 0 radical (unpaired) electrons. The number of hydrogen-bond acceptors (Lipinski definition) is 3. The van der Waals surface area contributed by atoms with Crippen molar-refractivity contribution in [1.29, 1.82) is 0 Å². The van der Waals surface area contributed by atoms with E-state index in [0.717, 1.165) is 42.4 Å². The van der Waals surface area contributed by atoms with Gasteiger partial charge < -0.3 is 9.84 Å². The van der Waals surface area contributed by atoms with E-state index >= 15 is 0 Å². The highest BCUT2D eigenvalue weighted by Gasteiger charge is 2.20. The fraction of sp³-hybridized carbons (Fsp3) is 0.389. The highest BCUT2D eigenvalue weighted by Crippen LogP contribution is 2.30. The molecule has 0 saturated heterocycles. The van der Waals surface area contributed by atoms with Gasteiger partial charge in [-0.05, 0) is 48.6 Å². The number of ether oxygens (including phenoxy) is 1. The lowest BCUT2D eigenvalue weighted by Crippen LogP contribution is -1.99. The third kappa shape index (κ3) is 3.75. The Labute approximate surface area is 125 Å². The summed E-state index contributed by atoms with van der Waals surface area (Å²) in [7, 11) is 1.51. The summed E-state index contributed by atoms with van der Waals surface area (Å²) in [6, 6.07) is 5.17. The molecule has 0 amide bonds. The summed E-state index contributed by atoms with van der Waals surface area (Å²) in [6.45, 7) is 2.16. The highest BCUT2D eigenvalue weighted by atomic mass is 16.5. The zero-order valence-corrected chi connectivity index (χ0v) is 12.7. The first-order chi connectivity index (χ1) is 10.2. The van der Waals surface area contributed by atoms with Gasteiger partial charge in [0.15, 0.2) is 17.3 Å². The van der Waals surface area contributed by atoms with Crippen molar-refractivity contribution < 1.29 is 14.6 Å². The van der Waals surface area contributed by atoms with E-state index in [1.165, 1.54) is 7.11 Å². The molecule has 0 atom stereocenters. The Hall–Kier alpha value is -2.03. The molecule has 3 heteroatoms. The van der Waals surface area contributed by atoms with Crippen LogP contribution in [0.3, 0.4) is 0 Å². The number of rotatable bonds is 6. The van der Waals surface area contributed by atoms with Crippen molar-refractivity contribution in [2.24, 2.45) is 0 Å². The molecule has 112 valence electrons. The Balaban J connectivity index is 2.06. The molecular formula is C18H22O3. The highest BCUT2D eigenvalue weighted by molar-refractivity contribution is 6.13. The van der Waals surface area contributed by atoms with Gasteiger partial charge in [-0.2, -0.15) is 0 Å². The van der Waals surface area contributed by atoms with Gasteiger partial charge in [0.2, 0.25) is 0 Å². The zero-order valence-electron chi connectivity index (χ0n) is 12.7. The molecule has 1 aliphatic carbocycles. The maximum absolute atomic E-state index is 12.3. The van der Waals surface area contributed by atoms with Crippen LogP contribution in [0.4, 0.5) is 0 Å². The van der Waals surface area contributed by atoms with Crippen LogP contribution >= 0.6 is 0 Å². The van der Waals surface area contributed by atoms with E-state index in [1.807, 2.05) is 18.2 Å². The molecule has 0 saturated carbocycles. The number of methoxy groups -OCH3 is 1. The molecule has 0 bridgehead atoms. The van der Waals surface area contributed by atoms with Crippen molar-refractivity contribution in [2.75, 3.05) is 7.11 Å². The van der Waals surface area contributed by atoms with Crippen LogP contribution in [0.25, 0.3) is 6.08 Å². The average molecular weight is 286 g/mol. The number of phenolic OH excluding ortho intramolecular Hbond substituents is 1. The lowest BCUT2D eigenvalue weighted by molar-refractivity contribution is -0.112. The molecule has 3 nitrogen and oxygen atoms in total. The Morgan fingerprint density at radius 3 is 2.81 bits per heavy atom. The van der Waals surface area contributed by atoms with Crippen LogP contribution in [0.5, 0.6) is 11.5 Å². The zero-order chi connectivity index (χ0) is 15.2. The van der Waals surface area contributed by atoms with Gasteiger partial charge in [-0.15, -0.1) is 0 Å². The van der Waals surface area contributed by atoms with Gasteiger partial charge in [-0.25, -0.2) is 0 Å². The van der Waals surface area contributed by atoms with E-state index < -0.39 is 0 Å². The van der Waals surface area contributed by atoms with Gasteiger partial charge in [0, 0.05) is 5.57 Å². The maximum atomic E-state index is 12.3. The van der Waals surface area contributed by atoms with Crippen molar-refractivity contribution in [3.05, 3.63) is 41.0 Å². The second-order valence-corrected chi connectivity index (χ2v) is 5.32. The number of phenols is 1. The quantitative estimate of drug-likeness (QED) is 0.627. The van der Waals surface area contributed by atoms with Gasteiger partial charge >= 0.3 is 0 Å². The van der Waals surface area contributed by atoms with E-state index in [-0.39, 0.29) is 11.5 Å². The van der Waals surface area contributed by atoms with Crippen molar-refractivity contribution in [1.82, 2.24) is 0 Å². The van der Waals surface area contributed by atoms with Gasteiger partial charge in [0.25, 0.3) is 0 Å². The Morgan fingerprint density at radius 1 is 1.33 bits per heavy atom. The lowest BCUT2D eigenvalue weighted by atomic mass is 10.0. The number of Topliss-reactive ketones (excluding diaryl/α,β-unsaturated/α-hetero) is 1. The first kappa shape index (κ1) is 15.4. The number of ketones is 1. The molecule has 0 aromatic heterocycles. The number of aromatic hydroxyl groups is 1. The molecule has 1 aromatic rings. The second kappa shape index (κ2) is 7.11. The minimum absolute atomic E-state index is 0.0911. The van der Waals surface area contributed by atoms with Crippen LogP contribution in [0.15, 0.2) is 35.4 Å². The third-order valence-electron chi connectivity index (χ3n) is 3.75. The fourth-order valence-electron chi connectivity index (χ4n) is 2.53. The predicted molar refractivity (Wildman–Crippen MR) is 84.5 cm³/mol. The lowest BCUT2D eigenvalue weighted by Gasteiger charge is -2.04. The minimum atomic E-state index is 0.0911. The molecule has 1 aliphatic rings. The standard InChI is InChI=1S/C18H22O3/c1-3-4-5-6-14-8-9-15(18(14)20)11-13-7-10-17(21-2)16(19)12-13/h7-8,10-12,19H,3-6,9H2,1-2H3/b15-11+. The number of carbonyl (C=O) groups excluding carboxylic acids is 1. The van der Waals surface area contributed by atoms with Gasteiger partial charge in [0.1, 0.15) is 0 Å². The first-order valence-electron chi connectivity index (χ1n) is 7.47. The maximum Gasteiger partial charge on any atom is 0.185 e. The number of allylic oxidation sites excluding steroid dienone is 3. The van der Waals surface area contributed by atoms with Crippen LogP contribution in [0.2, 0.25) is 0 Å². The summed E-state index contributed by atoms with van der Waals surface area (Å²) >= 11 is 0. The number of benzene rings is 1. The Morgan fingerprint density at radius 2 is 2.14 bits per heavy atom. The molecule has 0 heterocycles. The molecule has 0 unspecified atom stereocenters. The largest absolute Gasteiger partial charge is 0.504 e. The predicted octanol–water partition coefficient (Wildman–Crippen LogP) is 4.26. The summed E-state index contributed by atoms with van der Waals surface area (Å²) in [5.41, 5.74) is 2.55. The molecule has 1 aromatic carbocycles. The fourth-order valence-corrected chi connectivity index (χ4v) is 2.53. The van der Waals surface area contributed by atoms with E-state index in [9.17, 15) is 9.90 Å². The molecule has 21 heavy (non-hydrogen) atoms. The minimum Gasteiger partial charge on any atom is -0.504 e. The van der Waals surface area contributed by atoms with Crippen molar-refractivity contribution in [3.63, 3.8) is 0 Å². The van der Waals surface area contributed by atoms with Crippen molar-refractivity contribution in [3.8, 4) is 11.5 Å². The average Bonchev–Trinajstić information content (AvgIpc) is 2.81. The van der Waals surface area contributed by atoms with Crippen LogP contribution < -0.4 is 4.74 Å². The Bertz CT molecular complexity index is 582. The van der Waals surface area contributed by atoms with Gasteiger partial charge in [-0.3, -0.25) is 4.79 Å². The van der Waals surface area contributed by atoms with E-state index in [1.54, 1.807) is 12.1 Å². The van der Waals surface area contributed by atoms with Crippen LogP contribution in [-0.2, 0) is 4.79 Å². The van der Waals surface area contributed by atoms with Gasteiger partial charge in [-0.1, -0.05) is 31.9 Å². The number of carbonyl (C=O) groups is 1.